The molecule has 0 amide bonds. The second-order valence-corrected chi connectivity index (χ2v) is 15.3. The van der Waals surface area contributed by atoms with Crippen LogP contribution in [0.2, 0.25) is 0 Å². The SMILES string of the molecule is CC(C)(C)C(=O)OC[C@H]1OC(OCCCCCC(=O)O)[C@@H](OC(=O)C(C)(C)C)[C@@H](OC(=O)C(C)(C)C)[C@@H]1OC(=O)C(C)(C)C. The molecule has 1 heterocycles. The normalized spacial score (nSPS) is 23.0. The molecule has 0 spiro atoms. The second-order valence-electron chi connectivity index (χ2n) is 15.3. The maximum Gasteiger partial charge on any atom is 0.311 e. The van der Waals surface area contributed by atoms with Crippen molar-refractivity contribution in [3.05, 3.63) is 0 Å². The van der Waals surface area contributed by atoms with Gasteiger partial charge in [-0.25, -0.2) is 0 Å². The number of carboxylic acid groups (broad SMARTS) is 1. The number of aliphatic carboxylic acids is 1. The van der Waals surface area contributed by atoms with Crippen LogP contribution in [-0.2, 0) is 52.4 Å². The first-order valence-corrected chi connectivity index (χ1v) is 15.1. The fraction of sp³-hybridized carbons (Fsp3) is 0.844. The van der Waals surface area contributed by atoms with E-state index in [1.807, 2.05) is 0 Å². The number of ether oxygens (including phenoxy) is 6. The fourth-order valence-electron chi connectivity index (χ4n) is 3.58. The third-order valence-corrected chi connectivity index (χ3v) is 6.47. The molecule has 1 unspecified atom stereocenters. The highest BCUT2D eigenvalue weighted by Gasteiger charge is 2.55. The van der Waals surface area contributed by atoms with Crippen molar-refractivity contribution in [2.24, 2.45) is 21.7 Å². The molecule has 1 rings (SSSR count). The third kappa shape index (κ3) is 12.7. The van der Waals surface area contributed by atoms with Crippen LogP contribution < -0.4 is 0 Å². The first-order valence-electron chi connectivity index (χ1n) is 15.1. The summed E-state index contributed by atoms with van der Waals surface area (Å²) in [5.41, 5.74) is -3.76. The van der Waals surface area contributed by atoms with E-state index in [0.717, 1.165) is 0 Å². The number of carbonyl (C=O) groups is 5. The number of hydrogen-bond acceptors (Lipinski definition) is 11. The largest absolute Gasteiger partial charge is 0.481 e. The summed E-state index contributed by atoms with van der Waals surface area (Å²) in [5.74, 6) is -3.38. The minimum atomic E-state index is -1.39. The summed E-state index contributed by atoms with van der Waals surface area (Å²) in [7, 11) is 0. The van der Waals surface area contributed by atoms with Gasteiger partial charge in [-0.05, 0) is 95.9 Å². The van der Waals surface area contributed by atoms with Crippen LogP contribution in [0.1, 0.15) is 109 Å². The van der Waals surface area contributed by atoms with Crippen LogP contribution >= 0.6 is 0 Å². The molecular weight excluding hydrogens is 576 g/mol. The standard InChI is InChI=1S/C32H54O12/c1-29(2,3)25(35)40-18-19-21(42-26(36)30(4,5)6)22(43-27(37)31(7,8)9)23(44-28(38)32(10,11)12)24(41-19)39-17-15-13-14-16-20(33)34/h19,21-24H,13-18H2,1-12H3,(H,33,34)/t19-,21-,22+,23+,24?/m1/s1. The van der Waals surface area contributed by atoms with E-state index in [2.05, 4.69) is 0 Å². The summed E-state index contributed by atoms with van der Waals surface area (Å²) >= 11 is 0. The number of hydrogen-bond donors (Lipinski definition) is 1. The summed E-state index contributed by atoms with van der Waals surface area (Å²) in [6, 6.07) is 0. The molecule has 1 fully saturated rings. The van der Waals surface area contributed by atoms with Gasteiger partial charge < -0.3 is 33.5 Å². The van der Waals surface area contributed by atoms with Gasteiger partial charge in [-0.3, -0.25) is 24.0 Å². The Morgan fingerprint density at radius 3 is 1.45 bits per heavy atom. The van der Waals surface area contributed by atoms with Crippen molar-refractivity contribution < 1.29 is 57.5 Å². The molecule has 0 radical (unpaired) electrons. The first kappa shape index (κ1) is 39.3. The molecule has 0 aromatic rings. The van der Waals surface area contributed by atoms with Gasteiger partial charge in [0.25, 0.3) is 0 Å². The lowest BCUT2D eigenvalue weighted by Gasteiger charge is -2.45. The molecule has 12 heteroatoms. The Kier molecular flexibility index (Phi) is 13.9. The van der Waals surface area contributed by atoms with E-state index in [1.54, 1.807) is 83.1 Å². The van der Waals surface area contributed by atoms with Crippen molar-refractivity contribution in [1.82, 2.24) is 0 Å². The molecular formula is C32H54O12. The van der Waals surface area contributed by atoms with Gasteiger partial charge in [0.05, 0.1) is 21.7 Å². The van der Waals surface area contributed by atoms with E-state index in [1.165, 1.54) is 0 Å². The summed E-state index contributed by atoms with van der Waals surface area (Å²) in [6.45, 7) is 19.6. The maximum absolute atomic E-state index is 13.3. The van der Waals surface area contributed by atoms with E-state index in [4.69, 9.17) is 33.5 Å². The van der Waals surface area contributed by atoms with Crippen LogP contribution in [0, 0.1) is 21.7 Å². The molecule has 1 aliphatic rings. The van der Waals surface area contributed by atoms with E-state index in [-0.39, 0.29) is 19.6 Å². The Bertz CT molecular complexity index is 1010. The zero-order chi connectivity index (χ0) is 34.3. The number of esters is 4. The quantitative estimate of drug-likeness (QED) is 0.178. The van der Waals surface area contributed by atoms with Crippen molar-refractivity contribution >= 4 is 29.8 Å². The highest BCUT2D eigenvalue weighted by molar-refractivity contribution is 5.78. The van der Waals surface area contributed by atoms with Crippen molar-refractivity contribution in [2.45, 2.75) is 139 Å². The molecule has 0 saturated carbocycles. The molecule has 1 saturated heterocycles. The highest BCUT2D eigenvalue weighted by Crippen LogP contribution is 2.34. The van der Waals surface area contributed by atoms with Crippen LogP contribution in [-0.4, -0.2) is 78.9 Å². The predicted octanol–water partition coefficient (Wildman–Crippen LogP) is 4.84. The Labute approximate surface area is 261 Å². The molecule has 12 nitrogen and oxygen atoms in total. The van der Waals surface area contributed by atoms with Gasteiger partial charge in [0.15, 0.2) is 24.6 Å². The molecule has 0 aliphatic carbocycles. The van der Waals surface area contributed by atoms with Gasteiger partial charge in [0.2, 0.25) is 0 Å². The average molecular weight is 631 g/mol. The van der Waals surface area contributed by atoms with Gasteiger partial charge in [0.1, 0.15) is 12.7 Å². The lowest BCUT2D eigenvalue weighted by atomic mass is 9.93. The molecule has 1 N–H and O–H groups in total. The van der Waals surface area contributed by atoms with Gasteiger partial charge >= 0.3 is 29.8 Å². The van der Waals surface area contributed by atoms with E-state index < -0.39 is 82.2 Å². The minimum Gasteiger partial charge on any atom is -0.481 e. The molecule has 254 valence electrons. The van der Waals surface area contributed by atoms with E-state index in [9.17, 15) is 24.0 Å². The zero-order valence-corrected chi connectivity index (χ0v) is 28.6. The van der Waals surface area contributed by atoms with E-state index >= 15 is 0 Å². The Hall–Kier alpha value is -2.73. The number of carboxylic acids is 1. The van der Waals surface area contributed by atoms with E-state index in [0.29, 0.717) is 19.3 Å². The van der Waals surface area contributed by atoms with Crippen molar-refractivity contribution in [3.8, 4) is 0 Å². The number of carbonyl (C=O) groups excluding carboxylic acids is 4. The zero-order valence-electron chi connectivity index (χ0n) is 28.6. The van der Waals surface area contributed by atoms with Crippen molar-refractivity contribution in [2.75, 3.05) is 13.2 Å². The maximum atomic E-state index is 13.3. The summed E-state index contributed by atoms with van der Waals surface area (Å²) < 4.78 is 35.5. The van der Waals surface area contributed by atoms with Gasteiger partial charge in [-0.1, -0.05) is 6.42 Å². The second kappa shape index (κ2) is 15.5. The van der Waals surface area contributed by atoms with Crippen LogP contribution in [0.15, 0.2) is 0 Å². The average Bonchev–Trinajstić information content (AvgIpc) is 2.84. The van der Waals surface area contributed by atoms with Crippen molar-refractivity contribution in [3.63, 3.8) is 0 Å². The predicted molar refractivity (Wildman–Crippen MR) is 159 cm³/mol. The molecule has 5 atom stereocenters. The number of rotatable bonds is 12. The topological polar surface area (TPSA) is 161 Å². The highest BCUT2D eigenvalue weighted by atomic mass is 16.7. The first-order chi connectivity index (χ1) is 19.9. The minimum absolute atomic E-state index is 0.0125. The van der Waals surface area contributed by atoms with Gasteiger partial charge in [-0.2, -0.15) is 0 Å². The van der Waals surface area contributed by atoms with Crippen LogP contribution in [0.5, 0.6) is 0 Å². The summed E-state index contributed by atoms with van der Waals surface area (Å²) in [6.07, 6.45) is -5.09. The third-order valence-electron chi connectivity index (χ3n) is 6.47. The molecule has 1 aliphatic heterocycles. The van der Waals surface area contributed by atoms with Crippen LogP contribution in [0.4, 0.5) is 0 Å². The fourth-order valence-corrected chi connectivity index (χ4v) is 3.58. The lowest BCUT2D eigenvalue weighted by Crippen LogP contribution is -2.64. The smallest absolute Gasteiger partial charge is 0.311 e. The van der Waals surface area contributed by atoms with Crippen molar-refractivity contribution in [1.29, 1.82) is 0 Å². The Morgan fingerprint density at radius 2 is 1.02 bits per heavy atom. The lowest BCUT2D eigenvalue weighted by molar-refractivity contribution is -0.312. The molecule has 0 aromatic carbocycles. The monoisotopic (exact) mass is 630 g/mol. The van der Waals surface area contributed by atoms with Gasteiger partial charge in [0, 0.05) is 13.0 Å². The molecule has 0 bridgehead atoms. The van der Waals surface area contributed by atoms with Crippen LogP contribution in [0.25, 0.3) is 0 Å². The van der Waals surface area contributed by atoms with Gasteiger partial charge in [-0.15, -0.1) is 0 Å². The molecule has 44 heavy (non-hydrogen) atoms. The summed E-state index contributed by atoms with van der Waals surface area (Å²) in [5, 5.41) is 8.91. The molecule has 0 aromatic heterocycles. The summed E-state index contributed by atoms with van der Waals surface area (Å²) in [4.78, 5) is 63.2. The number of unbranched alkanes of at least 4 members (excludes halogenated alkanes) is 2. The Balaban J connectivity index is 3.60. The Morgan fingerprint density at radius 1 is 0.591 bits per heavy atom. The van der Waals surface area contributed by atoms with Crippen LogP contribution in [0.3, 0.4) is 0 Å².